The number of rotatable bonds is 3. The zero-order valence-corrected chi connectivity index (χ0v) is 12.1. The van der Waals surface area contributed by atoms with Crippen molar-refractivity contribution < 1.29 is 9.18 Å². The third-order valence-corrected chi connectivity index (χ3v) is 3.28. The van der Waals surface area contributed by atoms with Crippen molar-refractivity contribution in [3.8, 4) is 0 Å². The first-order chi connectivity index (χ1) is 9.47. The number of benzene rings is 2. The molecule has 0 aliphatic carbocycles. The lowest BCUT2D eigenvalue weighted by atomic mass is 10.1. The highest BCUT2D eigenvalue weighted by Crippen LogP contribution is 2.17. The van der Waals surface area contributed by atoms with Gasteiger partial charge in [0.25, 0.3) is 5.91 Å². The minimum Gasteiger partial charge on any atom is -0.337 e. The van der Waals surface area contributed by atoms with Crippen molar-refractivity contribution in [1.29, 1.82) is 0 Å². The molecule has 0 fully saturated rings. The third-order valence-electron chi connectivity index (χ3n) is 3.05. The van der Waals surface area contributed by atoms with E-state index in [9.17, 15) is 9.18 Å². The van der Waals surface area contributed by atoms with Crippen LogP contribution in [0.3, 0.4) is 0 Å². The summed E-state index contributed by atoms with van der Waals surface area (Å²) in [5.41, 5.74) is 2.19. The lowest BCUT2D eigenvalue weighted by Crippen LogP contribution is -2.27. The van der Waals surface area contributed by atoms with E-state index in [4.69, 9.17) is 11.6 Å². The molecule has 2 aromatic carbocycles. The van der Waals surface area contributed by atoms with E-state index in [1.54, 1.807) is 7.05 Å². The first kappa shape index (κ1) is 14.5. The van der Waals surface area contributed by atoms with Crippen LogP contribution in [0.5, 0.6) is 0 Å². The second-order valence-electron chi connectivity index (χ2n) is 4.77. The molecule has 0 aliphatic rings. The lowest BCUT2D eigenvalue weighted by Gasteiger charge is -2.18. The Labute approximate surface area is 122 Å². The van der Waals surface area contributed by atoms with Crippen LogP contribution < -0.4 is 0 Å². The van der Waals surface area contributed by atoms with Crippen LogP contribution in [0.15, 0.2) is 42.5 Å². The van der Waals surface area contributed by atoms with Crippen LogP contribution in [0.4, 0.5) is 4.39 Å². The summed E-state index contributed by atoms with van der Waals surface area (Å²) >= 11 is 5.68. The molecule has 0 N–H and O–H groups in total. The smallest absolute Gasteiger partial charge is 0.256 e. The van der Waals surface area contributed by atoms with Crippen molar-refractivity contribution in [2.24, 2.45) is 0 Å². The van der Waals surface area contributed by atoms with Gasteiger partial charge in [-0.2, -0.15) is 0 Å². The minimum absolute atomic E-state index is 0.0315. The van der Waals surface area contributed by atoms with E-state index >= 15 is 0 Å². The highest BCUT2D eigenvalue weighted by Gasteiger charge is 2.16. The van der Waals surface area contributed by atoms with Gasteiger partial charge in [0.2, 0.25) is 0 Å². The Balaban J connectivity index is 2.14. The summed E-state index contributed by atoms with van der Waals surface area (Å²) in [5.74, 6) is -0.960. The molecule has 2 rings (SSSR count). The van der Waals surface area contributed by atoms with Gasteiger partial charge in [0.05, 0.1) is 5.56 Å². The predicted molar refractivity (Wildman–Crippen MR) is 78.4 cm³/mol. The molecule has 1 amide bonds. The number of nitrogens with zero attached hydrogens (tertiary/aromatic N) is 1. The molecule has 0 radical (unpaired) electrons. The maximum absolute atomic E-state index is 13.7. The van der Waals surface area contributed by atoms with Crippen molar-refractivity contribution in [3.05, 3.63) is 70.0 Å². The molecule has 104 valence electrons. The summed E-state index contributed by atoms with van der Waals surface area (Å²) in [6.45, 7) is 2.43. The Morgan fingerprint density at radius 1 is 1.20 bits per heavy atom. The predicted octanol–water partition coefficient (Wildman–Crippen LogP) is 4.06. The first-order valence-corrected chi connectivity index (χ1v) is 6.61. The van der Waals surface area contributed by atoms with Gasteiger partial charge in [-0.1, -0.05) is 41.4 Å². The monoisotopic (exact) mass is 291 g/mol. The maximum atomic E-state index is 13.7. The molecule has 0 spiro atoms. The Kier molecular flexibility index (Phi) is 4.40. The largest absolute Gasteiger partial charge is 0.337 e. The van der Waals surface area contributed by atoms with Gasteiger partial charge in [0, 0.05) is 18.6 Å². The van der Waals surface area contributed by atoms with E-state index in [1.165, 1.54) is 17.0 Å². The zero-order chi connectivity index (χ0) is 14.7. The van der Waals surface area contributed by atoms with Gasteiger partial charge in [-0.3, -0.25) is 4.79 Å². The highest BCUT2D eigenvalue weighted by molar-refractivity contribution is 6.30. The molecule has 20 heavy (non-hydrogen) atoms. The summed E-state index contributed by atoms with van der Waals surface area (Å²) < 4.78 is 13.7. The topological polar surface area (TPSA) is 20.3 Å². The van der Waals surface area contributed by atoms with Crippen molar-refractivity contribution in [2.45, 2.75) is 13.5 Å². The molecule has 0 aromatic heterocycles. The van der Waals surface area contributed by atoms with Gasteiger partial charge in [-0.25, -0.2) is 4.39 Å². The fourth-order valence-corrected chi connectivity index (χ4v) is 2.07. The van der Waals surface area contributed by atoms with Crippen molar-refractivity contribution in [3.63, 3.8) is 0 Å². The Bertz CT molecular complexity index is 625. The maximum Gasteiger partial charge on any atom is 0.256 e. The van der Waals surface area contributed by atoms with E-state index in [2.05, 4.69) is 0 Å². The van der Waals surface area contributed by atoms with E-state index in [0.29, 0.717) is 6.54 Å². The van der Waals surface area contributed by atoms with Gasteiger partial charge in [-0.15, -0.1) is 0 Å². The Morgan fingerprint density at radius 2 is 1.85 bits per heavy atom. The molecule has 0 heterocycles. The molecule has 0 unspecified atom stereocenters. The van der Waals surface area contributed by atoms with Crippen molar-refractivity contribution >= 4 is 17.5 Å². The quantitative estimate of drug-likeness (QED) is 0.835. The molecule has 0 bridgehead atoms. The van der Waals surface area contributed by atoms with E-state index in [-0.39, 0.29) is 16.5 Å². The van der Waals surface area contributed by atoms with Crippen LogP contribution >= 0.6 is 11.6 Å². The summed E-state index contributed by atoms with van der Waals surface area (Å²) in [6, 6.07) is 11.9. The van der Waals surface area contributed by atoms with Gasteiger partial charge in [0.15, 0.2) is 0 Å². The van der Waals surface area contributed by atoms with Crippen molar-refractivity contribution in [2.75, 3.05) is 7.05 Å². The number of halogens is 2. The average molecular weight is 292 g/mol. The molecular formula is C16H15ClFNO. The zero-order valence-electron chi connectivity index (χ0n) is 11.4. The summed E-state index contributed by atoms with van der Waals surface area (Å²) in [6.07, 6.45) is 0. The number of carbonyl (C=O) groups excluding carboxylic acids is 1. The number of hydrogen-bond donors (Lipinski definition) is 0. The van der Waals surface area contributed by atoms with Crippen LogP contribution in [0.25, 0.3) is 0 Å². The number of hydrogen-bond acceptors (Lipinski definition) is 1. The van der Waals surface area contributed by atoms with E-state index < -0.39 is 5.82 Å². The highest BCUT2D eigenvalue weighted by atomic mass is 35.5. The fourth-order valence-electron chi connectivity index (χ4n) is 1.91. The second-order valence-corrected chi connectivity index (χ2v) is 5.21. The minimum atomic E-state index is -0.599. The first-order valence-electron chi connectivity index (χ1n) is 6.23. The number of carbonyl (C=O) groups is 1. The van der Waals surface area contributed by atoms with Crippen LogP contribution in [0, 0.1) is 12.7 Å². The van der Waals surface area contributed by atoms with Gasteiger partial charge >= 0.3 is 0 Å². The second kappa shape index (κ2) is 6.06. The molecule has 4 heteroatoms. The molecule has 0 atom stereocenters. The van der Waals surface area contributed by atoms with Crippen LogP contribution in [-0.4, -0.2) is 17.9 Å². The van der Waals surface area contributed by atoms with Gasteiger partial charge < -0.3 is 4.90 Å². The average Bonchev–Trinajstić information content (AvgIpc) is 2.40. The van der Waals surface area contributed by atoms with Gasteiger partial charge in [-0.05, 0) is 30.7 Å². The molecule has 0 aliphatic heterocycles. The standard InChI is InChI=1S/C16H15ClFNO/c1-11-3-5-12(6-4-11)10-19(2)16(20)14-8-7-13(17)9-15(14)18/h3-9H,10H2,1-2H3. The Morgan fingerprint density at radius 3 is 2.45 bits per heavy atom. The third kappa shape index (κ3) is 3.36. The molecule has 2 aromatic rings. The summed E-state index contributed by atoms with van der Waals surface area (Å²) in [4.78, 5) is 13.7. The number of aryl methyl sites for hydroxylation is 1. The fraction of sp³-hybridized carbons (Fsp3) is 0.188. The van der Waals surface area contributed by atoms with Crippen LogP contribution in [0.1, 0.15) is 21.5 Å². The Hall–Kier alpha value is -1.87. The summed E-state index contributed by atoms with van der Waals surface area (Å²) in [5, 5.41) is 0.278. The number of amides is 1. The van der Waals surface area contributed by atoms with E-state index in [1.807, 2.05) is 31.2 Å². The van der Waals surface area contributed by atoms with Gasteiger partial charge in [0.1, 0.15) is 5.82 Å². The molecule has 2 nitrogen and oxygen atoms in total. The van der Waals surface area contributed by atoms with Crippen LogP contribution in [-0.2, 0) is 6.54 Å². The summed E-state index contributed by atoms with van der Waals surface area (Å²) in [7, 11) is 1.65. The molecule has 0 saturated carbocycles. The van der Waals surface area contributed by atoms with Crippen molar-refractivity contribution in [1.82, 2.24) is 4.90 Å². The van der Waals surface area contributed by atoms with E-state index in [0.717, 1.165) is 17.2 Å². The van der Waals surface area contributed by atoms with Crippen LogP contribution in [0.2, 0.25) is 5.02 Å². The molecule has 0 saturated heterocycles. The lowest BCUT2D eigenvalue weighted by molar-refractivity contribution is 0.0780. The normalized spacial score (nSPS) is 10.4. The molecular weight excluding hydrogens is 277 g/mol. The SMILES string of the molecule is Cc1ccc(CN(C)C(=O)c2ccc(Cl)cc2F)cc1.